The molecule has 4 aromatic rings. The lowest BCUT2D eigenvalue weighted by molar-refractivity contribution is 0.173. The zero-order valence-electron chi connectivity index (χ0n) is 12.2. The van der Waals surface area contributed by atoms with Gasteiger partial charge in [0.1, 0.15) is 12.4 Å². The molecule has 120 valence electrons. The summed E-state index contributed by atoms with van der Waals surface area (Å²) in [6.07, 6.45) is 1.61. The molecule has 1 aliphatic heterocycles. The Bertz CT molecular complexity index is 1010. The fourth-order valence-corrected chi connectivity index (χ4v) is 3.19. The summed E-state index contributed by atoms with van der Waals surface area (Å²) in [7, 11) is 0. The Labute approximate surface area is 139 Å². The number of hydrogen-bond acceptors (Lipinski definition) is 8. The number of hydrogen-bond donors (Lipinski definition) is 0. The second-order valence-corrected chi connectivity index (χ2v) is 5.95. The van der Waals surface area contributed by atoms with Crippen LogP contribution in [0.1, 0.15) is 5.82 Å². The number of nitrogens with zero attached hydrogens (tertiary/aromatic N) is 4. The molecule has 0 amide bonds. The van der Waals surface area contributed by atoms with Crippen LogP contribution in [-0.2, 0) is 6.61 Å². The van der Waals surface area contributed by atoms with Crippen LogP contribution in [0.4, 0.5) is 0 Å². The number of fused-ring (bicyclic) bond motifs is 2. The Hall–Kier alpha value is -3.07. The Balaban J connectivity index is 1.39. The summed E-state index contributed by atoms with van der Waals surface area (Å²) in [5.41, 5.74) is 0. The molecule has 1 aliphatic rings. The zero-order chi connectivity index (χ0) is 15.9. The fourth-order valence-electron chi connectivity index (χ4n) is 2.36. The Morgan fingerprint density at radius 1 is 1.17 bits per heavy atom. The van der Waals surface area contributed by atoms with Crippen LogP contribution in [0.3, 0.4) is 0 Å². The van der Waals surface area contributed by atoms with Crippen LogP contribution in [0.5, 0.6) is 17.2 Å². The topological polar surface area (TPSA) is 83.9 Å². The molecule has 9 heteroatoms. The molecule has 24 heavy (non-hydrogen) atoms. The first-order chi connectivity index (χ1) is 11.9. The van der Waals surface area contributed by atoms with Gasteiger partial charge in [-0.3, -0.25) is 0 Å². The largest absolute Gasteiger partial charge is 0.485 e. The average Bonchev–Trinajstić information content (AvgIpc) is 3.34. The van der Waals surface area contributed by atoms with Crippen LogP contribution in [0, 0.1) is 0 Å². The van der Waals surface area contributed by atoms with E-state index in [1.807, 2.05) is 24.3 Å². The molecule has 0 unspecified atom stereocenters. The van der Waals surface area contributed by atoms with E-state index in [1.54, 1.807) is 16.8 Å². The lowest BCUT2D eigenvalue weighted by Crippen LogP contribution is -2.02. The van der Waals surface area contributed by atoms with E-state index >= 15 is 0 Å². The highest BCUT2D eigenvalue weighted by molar-refractivity contribution is 7.19. The van der Waals surface area contributed by atoms with Crippen LogP contribution >= 0.6 is 11.3 Å². The van der Waals surface area contributed by atoms with Crippen molar-refractivity contribution < 1.29 is 18.6 Å². The summed E-state index contributed by atoms with van der Waals surface area (Å²) < 4.78 is 23.4. The van der Waals surface area contributed by atoms with E-state index in [1.165, 1.54) is 11.3 Å². The van der Waals surface area contributed by atoms with E-state index in [0.717, 1.165) is 10.8 Å². The second kappa shape index (κ2) is 5.24. The van der Waals surface area contributed by atoms with Gasteiger partial charge < -0.3 is 18.6 Å². The summed E-state index contributed by atoms with van der Waals surface area (Å²) in [5, 5.41) is 13.5. The average molecular weight is 342 g/mol. The monoisotopic (exact) mass is 342 g/mol. The van der Waals surface area contributed by atoms with Crippen LogP contribution in [0.15, 0.2) is 41.0 Å². The molecule has 0 bridgehead atoms. The van der Waals surface area contributed by atoms with E-state index in [0.29, 0.717) is 28.0 Å². The van der Waals surface area contributed by atoms with Crippen molar-refractivity contribution in [2.45, 2.75) is 6.61 Å². The highest BCUT2D eigenvalue weighted by atomic mass is 32.1. The summed E-state index contributed by atoms with van der Waals surface area (Å²) in [6.45, 7) is 0.472. The van der Waals surface area contributed by atoms with Gasteiger partial charge in [0.2, 0.25) is 11.8 Å². The molecule has 0 atom stereocenters. The molecule has 0 N–H and O–H groups in total. The van der Waals surface area contributed by atoms with Crippen molar-refractivity contribution in [3.63, 3.8) is 0 Å². The van der Waals surface area contributed by atoms with E-state index in [2.05, 4.69) is 15.3 Å². The molecule has 0 saturated carbocycles. The van der Waals surface area contributed by atoms with Gasteiger partial charge in [0.15, 0.2) is 28.1 Å². The van der Waals surface area contributed by atoms with Crippen LogP contribution in [0.25, 0.3) is 15.7 Å². The van der Waals surface area contributed by atoms with E-state index in [4.69, 9.17) is 18.6 Å². The van der Waals surface area contributed by atoms with Crippen molar-refractivity contribution in [2.75, 3.05) is 6.79 Å². The maximum atomic E-state index is 5.77. The van der Waals surface area contributed by atoms with Crippen molar-refractivity contribution in [1.29, 1.82) is 0 Å². The van der Waals surface area contributed by atoms with Gasteiger partial charge in [0.05, 0.1) is 6.26 Å². The maximum absolute atomic E-state index is 5.77. The molecule has 1 aromatic carbocycles. The van der Waals surface area contributed by atoms with Crippen LogP contribution in [0.2, 0.25) is 0 Å². The molecular formula is C15H10N4O4S. The Morgan fingerprint density at radius 2 is 2.12 bits per heavy atom. The zero-order valence-corrected chi connectivity index (χ0v) is 13.0. The maximum Gasteiger partial charge on any atom is 0.235 e. The fraction of sp³-hybridized carbons (Fsp3) is 0.133. The molecule has 0 radical (unpaired) electrons. The van der Waals surface area contributed by atoms with Gasteiger partial charge in [-0.1, -0.05) is 11.3 Å². The minimum Gasteiger partial charge on any atom is -0.485 e. The van der Waals surface area contributed by atoms with Crippen molar-refractivity contribution in [3.8, 4) is 28.0 Å². The first-order valence-corrected chi connectivity index (χ1v) is 7.96. The molecule has 0 fully saturated rings. The third-order valence-electron chi connectivity index (χ3n) is 3.50. The van der Waals surface area contributed by atoms with Crippen molar-refractivity contribution in [2.24, 2.45) is 0 Å². The first-order valence-electron chi connectivity index (χ1n) is 7.14. The molecule has 0 spiro atoms. The molecular weight excluding hydrogens is 332 g/mol. The normalized spacial score (nSPS) is 12.8. The van der Waals surface area contributed by atoms with Gasteiger partial charge in [0, 0.05) is 6.07 Å². The minimum absolute atomic E-state index is 0.234. The lowest BCUT2D eigenvalue weighted by atomic mass is 10.3. The van der Waals surface area contributed by atoms with Gasteiger partial charge in [-0.2, -0.15) is 4.52 Å². The second-order valence-electron chi connectivity index (χ2n) is 5.00. The Morgan fingerprint density at radius 3 is 3.04 bits per heavy atom. The number of rotatable bonds is 4. The van der Waals surface area contributed by atoms with Gasteiger partial charge in [-0.05, 0) is 24.3 Å². The molecule has 4 heterocycles. The summed E-state index contributed by atoms with van der Waals surface area (Å²) >= 11 is 1.41. The third-order valence-corrected chi connectivity index (χ3v) is 4.41. The standard InChI is InChI=1S/C15H10N4O4S/c1-2-11(20-5-1)14-18-19-13(16-17-15(19)24-14)7-21-9-3-4-10-12(6-9)23-8-22-10/h1-6H,7-8H2. The summed E-state index contributed by atoms with van der Waals surface area (Å²) in [6, 6.07) is 9.10. The SMILES string of the molecule is c1coc(-c2nn3c(COc4ccc5c(c4)OCO5)nnc3s2)c1. The number of furan rings is 1. The van der Waals surface area contributed by atoms with E-state index in [9.17, 15) is 0 Å². The highest BCUT2D eigenvalue weighted by Gasteiger charge is 2.16. The number of aromatic nitrogens is 4. The molecule has 0 saturated heterocycles. The molecule has 0 aliphatic carbocycles. The quantitative estimate of drug-likeness (QED) is 0.564. The van der Waals surface area contributed by atoms with Crippen LogP contribution in [-0.4, -0.2) is 26.6 Å². The lowest BCUT2D eigenvalue weighted by Gasteiger charge is -2.04. The Kier molecular flexibility index (Phi) is 2.92. The predicted octanol–water partition coefficient (Wildman–Crippen LogP) is 2.75. The van der Waals surface area contributed by atoms with Gasteiger partial charge >= 0.3 is 0 Å². The third kappa shape index (κ3) is 2.17. The molecule has 3 aromatic heterocycles. The first kappa shape index (κ1) is 13.4. The van der Waals surface area contributed by atoms with Gasteiger partial charge in [-0.25, -0.2) is 0 Å². The van der Waals surface area contributed by atoms with Gasteiger partial charge in [-0.15, -0.1) is 15.3 Å². The van der Waals surface area contributed by atoms with Crippen molar-refractivity contribution >= 4 is 16.3 Å². The summed E-state index contributed by atoms with van der Waals surface area (Å²) in [4.78, 5) is 0.686. The number of benzene rings is 1. The molecule has 8 nitrogen and oxygen atoms in total. The number of ether oxygens (including phenoxy) is 3. The van der Waals surface area contributed by atoms with Crippen LogP contribution < -0.4 is 14.2 Å². The van der Waals surface area contributed by atoms with Crippen molar-refractivity contribution in [1.82, 2.24) is 19.8 Å². The van der Waals surface area contributed by atoms with E-state index < -0.39 is 0 Å². The summed E-state index contributed by atoms with van der Waals surface area (Å²) in [5.74, 6) is 3.37. The smallest absolute Gasteiger partial charge is 0.235 e. The van der Waals surface area contributed by atoms with Gasteiger partial charge in [0.25, 0.3) is 0 Å². The van der Waals surface area contributed by atoms with E-state index in [-0.39, 0.29) is 13.4 Å². The van der Waals surface area contributed by atoms with Crippen molar-refractivity contribution in [3.05, 3.63) is 42.4 Å². The predicted molar refractivity (Wildman–Crippen MR) is 83.3 cm³/mol. The minimum atomic E-state index is 0.234. The highest BCUT2D eigenvalue weighted by Crippen LogP contribution is 2.35. The molecule has 5 rings (SSSR count).